The molecule has 4 nitrogen and oxygen atoms in total. The minimum absolute atomic E-state index is 0.0120. The average molecular weight is 284 g/mol. The lowest BCUT2D eigenvalue weighted by Gasteiger charge is -2.18. The van der Waals surface area contributed by atoms with Gasteiger partial charge in [0.25, 0.3) is 0 Å². The molecule has 2 rings (SSSR count). The van der Waals surface area contributed by atoms with Crippen molar-refractivity contribution in [2.45, 2.75) is 32.0 Å². The van der Waals surface area contributed by atoms with Gasteiger partial charge >= 0.3 is 6.61 Å². The lowest BCUT2D eigenvalue weighted by molar-refractivity contribution is -0.125. The molecule has 1 fully saturated rings. The van der Waals surface area contributed by atoms with E-state index in [2.05, 4.69) is 10.1 Å². The maximum absolute atomic E-state index is 12.0. The van der Waals surface area contributed by atoms with Gasteiger partial charge in [0.05, 0.1) is 6.04 Å². The summed E-state index contributed by atoms with van der Waals surface area (Å²) in [7, 11) is 1.94. The van der Waals surface area contributed by atoms with Crippen LogP contribution >= 0.6 is 0 Å². The van der Waals surface area contributed by atoms with Gasteiger partial charge in [0.15, 0.2) is 0 Å². The predicted octanol–water partition coefficient (Wildman–Crippen LogP) is 2.00. The lowest BCUT2D eigenvalue weighted by atomic mass is 10.2. The summed E-state index contributed by atoms with van der Waals surface area (Å²) >= 11 is 0. The van der Waals surface area contributed by atoms with Gasteiger partial charge in [-0.2, -0.15) is 8.78 Å². The quantitative estimate of drug-likeness (QED) is 0.899. The van der Waals surface area contributed by atoms with Crippen LogP contribution in [0.3, 0.4) is 0 Å². The van der Waals surface area contributed by atoms with E-state index >= 15 is 0 Å². The molecule has 1 aliphatic heterocycles. The molecule has 0 aromatic heterocycles. The van der Waals surface area contributed by atoms with E-state index in [1.54, 1.807) is 12.1 Å². The first-order valence-corrected chi connectivity index (χ1v) is 6.58. The second kappa shape index (κ2) is 6.65. The van der Waals surface area contributed by atoms with Crippen LogP contribution in [0.5, 0.6) is 5.75 Å². The molecule has 1 aromatic carbocycles. The summed E-state index contributed by atoms with van der Waals surface area (Å²) in [5, 5.41) is 2.86. The Hall–Kier alpha value is -1.69. The Morgan fingerprint density at radius 1 is 1.45 bits per heavy atom. The summed E-state index contributed by atoms with van der Waals surface area (Å²) in [4.78, 5) is 14.0. The Morgan fingerprint density at radius 3 is 2.70 bits per heavy atom. The van der Waals surface area contributed by atoms with Crippen LogP contribution in [-0.4, -0.2) is 37.1 Å². The number of likely N-dealkylation sites (tertiary alicyclic amines) is 1. The van der Waals surface area contributed by atoms with Gasteiger partial charge < -0.3 is 10.1 Å². The number of ether oxygens (including phenoxy) is 1. The molecule has 1 heterocycles. The molecule has 1 aromatic rings. The van der Waals surface area contributed by atoms with Crippen molar-refractivity contribution < 1.29 is 18.3 Å². The zero-order valence-electron chi connectivity index (χ0n) is 11.3. The number of halogens is 2. The molecule has 0 bridgehead atoms. The van der Waals surface area contributed by atoms with E-state index in [4.69, 9.17) is 0 Å². The lowest BCUT2D eigenvalue weighted by Crippen LogP contribution is -2.41. The number of alkyl halides is 2. The molecule has 0 aliphatic carbocycles. The van der Waals surface area contributed by atoms with Crippen LogP contribution in [0.25, 0.3) is 0 Å². The van der Waals surface area contributed by atoms with Gasteiger partial charge in [-0.15, -0.1) is 0 Å². The minimum atomic E-state index is -2.82. The van der Waals surface area contributed by atoms with Crippen molar-refractivity contribution >= 4 is 5.91 Å². The maximum Gasteiger partial charge on any atom is 0.387 e. The van der Waals surface area contributed by atoms with Crippen LogP contribution in [0.1, 0.15) is 18.4 Å². The summed E-state index contributed by atoms with van der Waals surface area (Å²) in [5.74, 6) is 0.128. The molecule has 0 saturated carbocycles. The number of benzene rings is 1. The van der Waals surface area contributed by atoms with Crippen LogP contribution in [0.15, 0.2) is 24.3 Å². The van der Waals surface area contributed by atoms with Crippen LogP contribution in [-0.2, 0) is 11.3 Å². The highest BCUT2D eigenvalue weighted by Crippen LogP contribution is 2.16. The average Bonchev–Trinajstić information content (AvgIpc) is 2.83. The highest BCUT2D eigenvalue weighted by Gasteiger charge is 2.27. The van der Waals surface area contributed by atoms with Gasteiger partial charge in [-0.25, -0.2) is 0 Å². The summed E-state index contributed by atoms with van der Waals surface area (Å²) < 4.78 is 28.3. The number of hydrogen-bond donors (Lipinski definition) is 1. The third-order valence-electron chi connectivity index (χ3n) is 3.44. The topological polar surface area (TPSA) is 41.6 Å². The largest absolute Gasteiger partial charge is 0.435 e. The molecule has 1 saturated heterocycles. The number of rotatable bonds is 5. The van der Waals surface area contributed by atoms with Gasteiger partial charge in [-0.05, 0) is 44.1 Å². The van der Waals surface area contributed by atoms with Crippen LogP contribution in [0.4, 0.5) is 8.78 Å². The van der Waals surface area contributed by atoms with Crippen LogP contribution < -0.4 is 10.1 Å². The van der Waals surface area contributed by atoms with Crippen molar-refractivity contribution in [2.24, 2.45) is 0 Å². The number of carbonyl (C=O) groups is 1. The van der Waals surface area contributed by atoms with E-state index in [0.717, 1.165) is 24.9 Å². The molecule has 110 valence electrons. The number of nitrogens with zero attached hydrogens (tertiary/aromatic N) is 1. The summed E-state index contributed by atoms with van der Waals surface area (Å²) in [6, 6.07) is 6.20. The first kappa shape index (κ1) is 14.7. The Morgan fingerprint density at radius 2 is 2.15 bits per heavy atom. The van der Waals surface area contributed by atoms with Crippen LogP contribution in [0.2, 0.25) is 0 Å². The van der Waals surface area contributed by atoms with Gasteiger partial charge in [-0.1, -0.05) is 12.1 Å². The van der Waals surface area contributed by atoms with E-state index in [9.17, 15) is 13.6 Å². The van der Waals surface area contributed by atoms with E-state index in [-0.39, 0.29) is 17.7 Å². The molecule has 1 amide bonds. The molecule has 1 aliphatic rings. The fraction of sp³-hybridized carbons (Fsp3) is 0.500. The third kappa shape index (κ3) is 3.90. The summed E-state index contributed by atoms with van der Waals surface area (Å²) in [5.41, 5.74) is 0.848. The molecular weight excluding hydrogens is 266 g/mol. The fourth-order valence-corrected chi connectivity index (χ4v) is 2.34. The van der Waals surface area contributed by atoms with Crippen molar-refractivity contribution in [2.75, 3.05) is 13.6 Å². The van der Waals surface area contributed by atoms with Crippen molar-refractivity contribution in [3.05, 3.63) is 29.8 Å². The Balaban J connectivity index is 1.83. The van der Waals surface area contributed by atoms with E-state index < -0.39 is 6.61 Å². The van der Waals surface area contributed by atoms with Gasteiger partial charge in [0.1, 0.15) is 5.75 Å². The molecule has 6 heteroatoms. The number of nitrogens with one attached hydrogen (secondary N) is 1. The fourth-order valence-electron chi connectivity index (χ4n) is 2.34. The predicted molar refractivity (Wildman–Crippen MR) is 70.6 cm³/mol. The number of carbonyl (C=O) groups excluding carboxylic acids is 1. The SMILES string of the molecule is CN1CCCC1C(=O)NCc1ccc(OC(F)F)cc1. The molecule has 20 heavy (non-hydrogen) atoms. The number of amides is 1. The van der Waals surface area contributed by atoms with Crippen molar-refractivity contribution in [1.82, 2.24) is 10.2 Å². The van der Waals surface area contributed by atoms with Crippen molar-refractivity contribution in [3.63, 3.8) is 0 Å². The van der Waals surface area contributed by atoms with Crippen molar-refractivity contribution in [3.8, 4) is 5.75 Å². The zero-order chi connectivity index (χ0) is 14.5. The Kier molecular flexibility index (Phi) is 4.89. The highest BCUT2D eigenvalue weighted by molar-refractivity contribution is 5.81. The normalized spacial score (nSPS) is 19.3. The van der Waals surface area contributed by atoms with Gasteiger partial charge in [-0.3, -0.25) is 9.69 Å². The molecule has 0 radical (unpaired) electrons. The minimum Gasteiger partial charge on any atom is -0.435 e. The van der Waals surface area contributed by atoms with Gasteiger partial charge in [0.2, 0.25) is 5.91 Å². The van der Waals surface area contributed by atoms with Crippen LogP contribution in [0, 0.1) is 0 Å². The molecular formula is C14H18F2N2O2. The number of likely N-dealkylation sites (N-methyl/N-ethyl adjacent to an activating group) is 1. The van der Waals surface area contributed by atoms with Crippen molar-refractivity contribution in [1.29, 1.82) is 0 Å². The second-order valence-corrected chi connectivity index (χ2v) is 4.88. The monoisotopic (exact) mass is 284 g/mol. The second-order valence-electron chi connectivity index (χ2n) is 4.88. The molecule has 1 atom stereocenters. The standard InChI is InChI=1S/C14H18F2N2O2/c1-18-8-2-3-12(18)13(19)17-9-10-4-6-11(7-5-10)20-14(15)16/h4-7,12,14H,2-3,8-9H2,1H3,(H,17,19). The Bertz CT molecular complexity index is 451. The molecule has 1 unspecified atom stereocenters. The summed E-state index contributed by atoms with van der Waals surface area (Å²) in [6.45, 7) is -1.49. The molecule has 1 N–H and O–H groups in total. The summed E-state index contributed by atoms with van der Waals surface area (Å²) in [6.07, 6.45) is 1.91. The van der Waals surface area contributed by atoms with E-state index in [1.165, 1.54) is 12.1 Å². The highest BCUT2D eigenvalue weighted by atomic mass is 19.3. The van der Waals surface area contributed by atoms with E-state index in [1.807, 2.05) is 11.9 Å². The zero-order valence-corrected chi connectivity index (χ0v) is 11.3. The third-order valence-corrected chi connectivity index (χ3v) is 3.44. The number of hydrogen-bond acceptors (Lipinski definition) is 3. The molecule has 0 spiro atoms. The Labute approximate surface area is 116 Å². The maximum atomic E-state index is 12.0. The van der Waals surface area contributed by atoms with Gasteiger partial charge in [0, 0.05) is 6.54 Å². The smallest absolute Gasteiger partial charge is 0.387 e. The van der Waals surface area contributed by atoms with E-state index in [0.29, 0.717) is 6.54 Å². The first-order chi connectivity index (χ1) is 9.56. The first-order valence-electron chi connectivity index (χ1n) is 6.58.